The summed E-state index contributed by atoms with van der Waals surface area (Å²) >= 11 is 0. The molecular weight excluding hydrogens is 462 g/mol. The molecule has 4 rings (SSSR count). The molecule has 0 radical (unpaired) electrons. The zero-order valence-electron chi connectivity index (χ0n) is 21.6. The first-order valence-electron chi connectivity index (χ1n) is 12.4. The third-order valence-corrected chi connectivity index (χ3v) is 7.67. The maximum Gasteiger partial charge on any atom is 0.253 e. The van der Waals surface area contributed by atoms with Crippen molar-refractivity contribution in [2.24, 2.45) is 5.41 Å². The maximum atomic E-state index is 12.6. The van der Waals surface area contributed by atoms with Crippen LogP contribution in [0.25, 0.3) is 0 Å². The van der Waals surface area contributed by atoms with Gasteiger partial charge in [-0.25, -0.2) is 4.98 Å². The van der Waals surface area contributed by atoms with E-state index in [9.17, 15) is 20.1 Å². The van der Waals surface area contributed by atoms with Crippen LogP contribution in [-0.2, 0) is 4.79 Å². The van der Waals surface area contributed by atoms with Gasteiger partial charge in [0.05, 0.1) is 32.9 Å². The van der Waals surface area contributed by atoms with E-state index < -0.39 is 30.1 Å². The Balaban J connectivity index is 1.53. The molecule has 2 saturated heterocycles. The molecule has 36 heavy (non-hydrogen) atoms. The van der Waals surface area contributed by atoms with Crippen LogP contribution in [0, 0.1) is 19.3 Å². The number of hydrogen-bond donors (Lipinski definition) is 3. The summed E-state index contributed by atoms with van der Waals surface area (Å²) < 4.78 is 11.9. The van der Waals surface area contributed by atoms with E-state index in [1.54, 1.807) is 14.0 Å². The molecule has 0 spiro atoms. The minimum absolute atomic E-state index is 0.0267. The predicted molar refractivity (Wildman–Crippen MR) is 136 cm³/mol. The van der Waals surface area contributed by atoms with E-state index >= 15 is 0 Å². The molecule has 2 fully saturated rings. The number of aromatic nitrogens is 1. The summed E-state index contributed by atoms with van der Waals surface area (Å²) in [4.78, 5) is 20.9. The van der Waals surface area contributed by atoms with Crippen LogP contribution in [0.4, 0.5) is 5.82 Å². The van der Waals surface area contributed by atoms with Gasteiger partial charge in [0.25, 0.3) is 5.91 Å². The molecule has 2 aromatic rings. The van der Waals surface area contributed by atoms with Crippen LogP contribution >= 0.6 is 0 Å². The number of carbonyl (C=O) groups excluding carboxylic acids is 1. The summed E-state index contributed by atoms with van der Waals surface area (Å²) in [5.74, 6) is 1.46. The van der Waals surface area contributed by atoms with Gasteiger partial charge in [-0.15, -0.1) is 0 Å². The highest BCUT2D eigenvalue weighted by atomic mass is 16.5. The molecule has 4 atom stereocenters. The normalized spacial score (nSPS) is 23.8. The number of carbonyl (C=O) groups is 1. The number of benzene rings is 1. The molecule has 2 aliphatic heterocycles. The van der Waals surface area contributed by atoms with Gasteiger partial charge < -0.3 is 34.6 Å². The Bertz CT molecular complexity index is 1100. The molecule has 1 aromatic carbocycles. The van der Waals surface area contributed by atoms with E-state index in [4.69, 9.17) is 9.47 Å². The molecule has 2 unspecified atom stereocenters. The Labute approximate surface area is 212 Å². The van der Waals surface area contributed by atoms with Crippen LogP contribution in [0.2, 0.25) is 0 Å². The largest absolute Gasteiger partial charge is 0.493 e. The van der Waals surface area contributed by atoms with Gasteiger partial charge in [-0.3, -0.25) is 4.79 Å². The van der Waals surface area contributed by atoms with E-state index in [2.05, 4.69) is 22.9 Å². The summed E-state index contributed by atoms with van der Waals surface area (Å²) in [5, 5.41) is 29.8. The second-order valence-corrected chi connectivity index (χ2v) is 10.4. The number of aliphatic hydroxyl groups excluding tert-OH is 3. The predicted octanol–water partition coefficient (Wildman–Crippen LogP) is 1.64. The fraction of sp³-hybridized carbons (Fsp3) is 0.556. The molecule has 9 nitrogen and oxygen atoms in total. The average Bonchev–Trinajstić information content (AvgIpc) is 3.19. The quantitative estimate of drug-likeness (QED) is 0.502. The van der Waals surface area contributed by atoms with Crippen molar-refractivity contribution in [1.82, 2.24) is 9.88 Å². The number of nitrogens with zero attached hydrogens (tertiary/aromatic N) is 3. The fourth-order valence-corrected chi connectivity index (χ4v) is 5.29. The van der Waals surface area contributed by atoms with Gasteiger partial charge in [0.15, 0.2) is 17.6 Å². The summed E-state index contributed by atoms with van der Waals surface area (Å²) in [6.07, 6.45) is -0.327. The molecule has 3 heterocycles. The lowest BCUT2D eigenvalue weighted by Crippen LogP contribution is -2.54. The zero-order valence-corrected chi connectivity index (χ0v) is 21.6. The standard InChI is InChI=1S/C27H37N3O6/c1-16-8-17(2)25(28-10-16)29-11-20(12-29)36-24-9-19(6-7-23(24)35-5)21-13-30(26(34)22(33)14-31)15-27(21,4)18(3)32/h6-10,18,20-22,31-33H,11-15H2,1-5H3/t18?,21-,22?,27-/m0/s1. The second-order valence-electron chi connectivity index (χ2n) is 10.4. The zero-order chi connectivity index (χ0) is 26.2. The first-order valence-corrected chi connectivity index (χ1v) is 12.4. The van der Waals surface area contributed by atoms with Crippen molar-refractivity contribution in [3.63, 3.8) is 0 Å². The number of pyridine rings is 1. The molecule has 3 N–H and O–H groups in total. The first kappa shape index (κ1) is 26.2. The van der Waals surface area contributed by atoms with Crippen molar-refractivity contribution in [3.05, 3.63) is 47.2 Å². The topological polar surface area (TPSA) is 116 Å². The Kier molecular flexibility index (Phi) is 7.45. The van der Waals surface area contributed by atoms with Crippen molar-refractivity contribution >= 4 is 11.7 Å². The third-order valence-electron chi connectivity index (χ3n) is 7.67. The minimum atomic E-state index is -1.47. The Morgan fingerprint density at radius 3 is 2.53 bits per heavy atom. The maximum absolute atomic E-state index is 12.6. The summed E-state index contributed by atoms with van der Waals surface area (Å²) in [6, 6.07) is 7.83. The number of aryl methyl sites for hydroxylation is 2. The monoisotopic (exact) mass is 499 g/mol. The fourth-order valence-electron chi connectivity index (χ4n) is 5.29. The number of ether oxygens (including phenoxy) is 2. The van der Waals surface area contributed by atoms with Gasteiger partial charge in [-0.1, -0.05) is 19.1 Å². The van der Waals surface area contributed by atoms with E-state index in [1.165, 1.54) is 4.90 Å². The van der Waals surface area contributed by atoms with Crippen LogP contribution in [0.5, 0.6) is 11.5 Å². The molecule has 0 bridgehead atoms. The SMILES string of the molecule is COc1ccc([C@@H]2CN(C(=O)C(O)CO)C[C@@]2(C)C(C)O)cc1OC1CN(c2ncc(C)cc2C)C1. The Morgan fingerprint density at radius 1 is 1.19 bits per heavy atom. The van der Waals surface area contributed by atoms with E-state index in [-0.39, 0.29) is 18.6 Å². The molecule has 2 aliphatic rings. The van der Waals surface area contributed by atoms with E-state index in [1.807, 2.05) is 38.2 Å². The van der Waals surface area contributed by atoms with Crippen LogP contribution in [-0.4, -0.2) is 89.3 Å². The van der Waals surface area contributed by atoms with Gasteiger partial charge in [0.1, 0.15) is 11.9 Å². The minimum Gasteiger partial charge on any atom is -0.493 e. The number of hydrogen-bond acceptors (Lipinski definition) is 8. The average molecular weight is 500 g/mol. The van der Waals surface area contributed by atoms with Gasteiger partial charge in [0.2, 0.25) is 0 Å². The van der Waals surface area contributed by atoms with Gasteiger partial charge in [-0.05, 0) is 49.6 Å². The first-order chi connectivity index (χ1) is 17.1. The van der Waals surface area contributed by atoms with Crippen molar-refractivity contribution < 1.29 is 29.6 Å². The van der Waals surface area contributed by atoms with Crippen molar-refractivity contribution in [1.29, 1.82) is 0 Å². The number of anilines is 1. The lowest BCUT2D eigenvalue weighted by atomic mass is 9.72. The smallest absolute Gasteiger partial charge is 0.253 e. The molecule has 9 heteroatoms. The van der Waals surface area contributed by atoms with E-state index in [0.717, 1.165) is 22.5 Å². The van der Waals surface area contributed by atoms with Crippen LogP contribution in [0.15, 0.2) is 30.5 Å². The number of methoxy groups -OCH3 is 1. The van der Waals surface area contributed by atoms with Gasteiger partial charge in [0, 0.05) is 30.6 Å². The Hall–Kier alpha value is -2.88. The molecule has 1 amide bonds. The highest BCUT2D eigenvalue weighted by molar-refractivity contribution is 5.81. The van der Waals surface area contributed by atoms with Crippen LogP contribution in [0.3, 0.4) is 0 Å². The highest BCUT2D eigenvalue weighted by Gasteiger charge is 2.49. The van der Waals surface area contributed by atoms with Gasteiger partial charge >= 0.3 is 0 Å². The van der Waals surface area contributed by atoms with Crippen molar-refractivity contribution in [3.8, 4) is 11.5 Å². The van der Waals surface area contributed by atoms with Gasteiger partial charge in [-0.2, -0.15) is 0 Å². The highest BCUT2D eigenvalue weighted by Crippen LogP contribution is 2.47. The second kappa shape index (κ2) is 10.2. The van der Waals surface area contributed by atoms with E-state index in [0.29, 0.717) is 31.1 Å². The number of rotatable bonds is 8. The summed E-state index contributed by atoms with van der Waals surface area (Å²) in [6.45, 7) is 9.11. The number of likely N-dealkylation sites (tertiary alicyclic amines) is 1. The van der Waals surface area contributed by atoms with Crippen molar-refractivity contribution in [2.75, 3.05) is 44.8 Å². The summed E-state index contributed by atoms with van der Waals surface area (Å²) in [5.41, 5.74) is 2.54. The molecule has 196 valence electrons. The molecule has 0 aliphatic carbocycles. The lowest BCUT2D eigenvalue weighted by molar-refractivity contribution is -0.141. The lowest BCUT2D eigenvalue weighted by Gasteiger charge is -2.40. The van der Waals surface area contributed by atoms with Crippen LogP contribution in [0.1, 0.15) is 36.5 Å². The molecular formula is C27H37N3O6. The number of amides is 1. The third kappa shape index (κ3) is 4.87. The Morgan fingerprint density at radius 2 is 1.92 bits per heavy atom. The number of aliphatic hydroxyl groups is 3. The van der Waals surface area contributed by atoms with Crippen LogP contribution < -0.4 is 14.4 Å². The summed E-state index contributed by atoms with van der Waals surface area (Å²) in [7, 11) is 1.60. The molecule has 0 saturated carbocycles. The van der Waals surface area contributed by atoms with Crippen molar-refractivity contribution in [2.45, 2.75) is 51.9 Å². The molecule has 1 aromatic heterocycles.